The van der Waals surface area contributed by atoms with E-state index >= 15 is 0 Å². The van der Waals surface area contributed by atoms with Gasteiger partial charge in [0, 0.05) is 44.5 Å². The normalized spacial score (nSPS) is 16.1. The van der Waals surface area contributed by atoms with E-state index in [2.05, 4.69) is 10.3 Å². The Morgan fingerprint density at radius 1 is 0.882 bits per heavy atom. The van der Waals surface area contributed by atoms with E-state index in [1.807, 2.05) is 71.9 Å². The summed E-state index contributed by atoms with van der Waals surface area (Å²) in [6.45, 7) is 13.1. The van der Waals surface area contributed by atoms with E-state index in [4.69, 9.17) is 14.2 Å². The van der Waals surface area contributed by atoms with E-state index in [0.29, 0.717) is 44.8 Å². The lowest BCUT2D eigenvalue weighted by Crippen LogP contribution is -2.38. The number of aliphatic hydroxyl groups excluding tert-OH is 1. The van der Waals surface area contributed by atoms with Gasteiger partial charge in [-0.15, -0.1) is 11.8 Å². The predicted molar refractivity (Wildman–Crippen MR) is 198 cm³/mol. The number of aliphatic hydroxyl groups is 1. The molecular weight excluding hydrogens is 675 g/mol. The van der Waals surface area contributed by atoms with Gasteiger partial charge in [0.25, 0.3) is 0 Å². The lowest BCUT2D eigenvalue weighted by molar-refractivity contribution is -0.116. The Balaban J connectivity index is 1.40. The van der Waals surface area contributed by atoms with Crippen LogP contribution in [0.3, 0.4) is 0 Å². The molecule has 284 valence electrons. The highest BCUT2D eigenvalue weighted by molar-refractivity contribution is 8.00. The first-order valence-electron chi connectivity index (χ1n) is 17.9. The van der Waals surface area contributed by atoms with Gasteiger partial charge < -0.3 is 34.4 Å². The molecule has 0 unspecified atom stereocenters. The number of ether oxygens (including phenoxy) is 3. The molecule has 3 amide bonds. The molecule has 1 aromatic heterocycles. The van der Waals surface area contributed by atoms with E-state index in [9.17, 15) is 24.3 Å². The molecule has 2 N–H and O–H groups in total. The number of unbranched alkanes of at least 4 members (excludes halogenated alkanes) is 5. The molecule has 1 saturated heterocycles. The van der Waals surface area contributed by atoms with Crippen molar-refractivity contribution in [3.63, 3.8) is 0 Å². The second-order valence-corrected chi connectivity index (χ2v) is 15.9. The Kier molecular flexibility index (Phi) is 16.7. The van der Waals surface area contributed by atoms with Crippen LogP contribution in [0.15, 0.2) is 47.4 Å². The summed E-state index contributed by atoms with van der Waals surface area (Å²) < 4.78 is 18.3. The fourth-order valence-electron chi connectivity index (χ4n) is 5.30. The Bertz CT molecular complexity index is 1440. The first kappa shape index (κ1) is 41.8. The molecule has 3 rings (SSSR count). The average Bonchev–Trinajstić information content (AvgIpc) is 3.52. The van der Waals surface area contributed by atoms with Gasteiger partial charge in [0.05, 0.1) is 6.61 Å². The van der Waals surface area contributed by atoms with Crippen molar-refractivity contribution in [2.75, 3.05) is 37.3 Å². The highest BCUT2D eigenvalue weighted by Gasteiger charge is 2.28. The zero-order chi connectivity index (χ0) is 37.4. The number of amides is 3. The number of aromatic nitrogens is 2. The van der Waals surface area contributed by atoms with Crippen LogP contribution >= 0.6 is 11.8 Å². The summed E-state index contributed by atoms with van der Waals surface area (Å²) in [5, 5.41) is 11.9. The van der Waals surface area contributed by atoms with Crippen molar-refractivity contribution in [1.82, 2.24) is 19.4 Å². The minimum atomic E-state index is -0.614. The molecule has 1 aromatic carbocycles. The zero-order valence-corrected chi connectivity index (χ0v) is 31.9. The number of carbonyl (C=O) groups excluding carboxylic acids is 3. The number of benzene rings is 1. The summed E-state index contributed by atoms with van der Waals surface area (Å²) in [7, 11) is 0. The number of rotatable bonds is 18. The maximum Gasteiger partial charge on any atom is 0.410 e. The molecule has 1 aliphatic rings. The lowest BCUT2D eigenvalue weighted by atomic mass is 10.1. The third-order valence-electron chi connectivity index (χ3n) is 7.75. The van der Waals surface area contributed by atoms with Crippen LogP contribution in [-0.4, -0.2) is 91.2 Å². The molecule has 0 aliphatic carbocycles. The topological polar surface area (TPSA) is 153 Å². The van der Waals surface area contributed by atoms with Crippen molar-refractivity contribution in [3.05, 3.63) is 58.6 Å². The van der Waals surface area contributed by atoms with Gasteiger partial charge in [0.2, 0.25) is 5.91 Å². The lowest BCUT2D eigenvalue weighted by Gasteiger charge is -2.28. The SMILES string of the molecule is CC(C)(C)OC(=O)N(CCCCCCN(Cc1ccccc1)C(=O)OC(C)(C)C)CCCCCC(=O)Nc1ccn([C@@H]2CS[C@H](CO)O2)c(=O)n1. The van der Waals surface area contributed by atoms with E-state index in [-0.39, 0.29) is 42.4 Å². The van der Waals surface area contributed by atoms with Gasteiger partial charge in [-0.2, -0.15) is 4.98 Å². The summed E-state index contributed by atoms with van der Waals surface area (Å²) in [6.07, 6.45) is 6.04. The largest absolute Gasteiger partial charge is 0.444 e. The smallest absolute Gasteiger partial charge is 0.410 e. The molecular formula is C37H57N5O8S. The third-order valence-corrected chi connectivity index (χ3v) is 8.86. The summed E-state index contributed by atoms with van der Waals surface area (Å²) in [5.74, 6) is 0.455. The summed E-state index contributed by atoms with van der Waals surface area (Å²) in [5.41, 5.74) is -1.05. The standard InChI is InChI=1S/C37H57N5O8S/c1-36(2,3)49-34(46)40(21-14-7-8-15-23-41(35(47)50-37(4,5)6)25-28-17-11-9-12-18-28)22-16-10-13-19-30(44)38-29-20-24-42(33(45)39-29)31-27-51-32(26-43)48-31/h9,11-12,17-18,20,24,31-32,43H,7-8,10,13-16,19,21-23,25-27H2,1-6H3,(H,38,39,44,45)/t31-,32+/m0/s1. The highest BCUT2D eigenvalue weighted by Crippen LogP contribution is 2.30. The molecule has 14 heteroatoms. The first-order chi connectivity index (χ1) is 24.1. The molecule has 0 saturated carbocycles. The number of nitrogens with zero attached hydrogens (tertiary/aromatic N) is 4. The van der Waals surface area contributed by atoms with Gasteiger partial charge in [-0.3, -0.25) is 9.36 Å². The van der Waals surface area contributed by atoms with Crippen LogP contribution in [0.5, 0.6) is 0 Å². The number of thioether (sulfide) groups is 1. The number of hydrogen-bond donors (Lipinski definition) is 2. The van der Waals surface area contributed by atoms with Gasteiger partial charge >= 0.3 is 17.9 Å². The molecule has 0 bridgehead atoms. The van der Waals surface area contributed by atoms with Crippen molar-refractivity contribution in [3.8, 4) is 0 Å². The van der Waals surface area contributed by atoms with Crippen LogP contribution in [0.25, 0.3) is 0 Å². The molecule has 13 nitrogen and oxygen atoms in total. The van der Waals surface area contributed by atoms with Crippen LogP contribution in [-0.2, 0) is 25.5 Å². The molecule has 2 heterocycles. The Morgan fingerprint density at radius 3 is 2.00 bits per heavy atom. The first-order valence-corrected chi connectivity index (χ1v) is 18.9. The van der Waals surface area contributed by atoms with Crippen LogP contribution in [0.2, 0.25) is 0 Å². The molecule has 51 heavy (non-hydrogen) atoms. The Hall–Kier alpha value is -3.62. The van der Waals surface area contributed by atoms with Crippen molar-refractivity contribution < 1.29 is 33.7 Å². The molecule has 0 radical (unpaired) electrons. The number of hydrogen-bond acceptors (Lipinski definition) is 10. The van der Waals surface area contributed by atoms with Crippen LogP contribution in [0.4, 0.5) is 15.4 Å². The Morgan fingerprint density at radius 2 is 1.45 bits per heavy atom. The number of anilines is 1. The van der Waals surface area contributed by atoms with Gasteiger partial charge in [-0.05, 0) is 78.9 Å². The molecule has 2 atom stereocenters. The van der Waals surface area contributed by atoms with E-state index in [0.717, 1.165) is 37.7 Å². The predicted octanol–water partition coefficient (Wildman–Crippen LogP) is 6.56. The van der Waals surface area contributed by atoms with Crippen molar-refractivity contribution in [2.24, 2.45) is 0 Å². The fraction of sp³-hybridized carbons (Fsp3) is 0.649. The fourth-order valence-corrected chi connectivity index (χ4v) is 6.23. The second-order valence-electron chi connectivity index (χ2n) is 14.7. The summed E-state index contributed by atoms with van der Waals surface area (Å²) >= 11 is 1.42. The van der Waals surface area contributed by atoms with E-state index < -0.39 is 23.1 Å². The minimum Gasteiger partial charge on any atom is -0.444 e. The molecule has 1 fully saturated rings. The maximum atomic E-state index is 13.0. The number of carbonyl (C=O) groups is 3. The Labute approximate surface area is 306 Å². The molecule has 0 spiro atoms. The van der Waals surface area contributed by atoms with E-state index in [1.165, 1.54) is 22.5 Å². The van der Waals surface area contributed by atoms with Crippen molar-refractivity contribution in [1.29, 1.82) is 0 Å². The van der Waals surface area contributed by atoms with Crippen LogP contribution < -0.4 is 11.0 Å². The maximum absolute atomic E-state index is 13.0. The highest BCUT2D eigenvalue weighted by atomic mass is 32.2. The van der Waals surface area contributed by atoms with Gasteiger partial charge in [0.1, 0.15) is 28.7 Å². The second kappa shape index (κ2) is 20.4. The van der Waals surface area contributed by atoms with Crippen molar-refractivity contribution in [2.45, 2.75) is 122 Å². The van der Waals surface area contributed by atoms with Gasteiger partial charge in [0.15, 0.2) is 0 Å². The van der Waals surface area contributed by atoms with E-state index in [1.54, 1.807) is 15.9 Å². The van der Waals surface area contributed by atoms with Gasteiger partial charge in [-0.1, -0.05) is 49.6 Å². The van der Waals surface area contributed by atoms with Crippen LogP contribution in [0.1, 0.15) is 105 Å². The zero-order valence-electron chi connectivity index (χ0n) is 31.1. The van der Waals surface area contributed by atoms with Crippen molar-refractivity contribution >= 4 is 35.7 Å². The third kappa shape index (κ3) is 16.1. The minimum absolute atomic E-state index is 0.133. The van der Waals surface area contributed by atoms with Gasteiger partial charge in [-0.25, -0.2) is 14.4 Å². The van der Waals surface area contributed by atoms with Crippen LogP contribution in [0, 0.1) is 0 Å². The summed E-state index contributed by atoms with van der Waals surface area (Å²) in [4.78, 5) is 58.4. The molecule has 2 aromatic rings. The number of nitrogens with one attached hydrogen (secondary N) is 1. The average molecular weight is 732 g/mol. The quantitative estimate of drug-likeness (QED) is 0.161. The summed E-state index contributed by atoms with van der Waals surface area (Å²) in [6, 6.07) is 11.4. The molecule has 1 aliphatic heterocycles. The monoisotopic (exact) mass is 731 g/mol.